The highest BCUT2D eigenvalue weighted by Crippen LogP contribution is 2.36. The zero-order valence-electron chi connectivity index (χ0n) is 12.5. The van der Waals surface area contributed by atoms with E-state index in [1.54, 1.807) is 36.4 Å². The molecule has 7 heteroatoms. The topological polar surface area (TPSA) is 62.7 Å². The van der Waals surface area contributed by atoms with Gasteiger partial charge in [-0.15, -0.1) is 0 Å². The summed E-state index contributed by atoms with van der Waals surface area (Å²) in [4.78, 5) is 4.24. The van der Waals surface area contributed by atoms with Crippen molar-refractivity contribution >= 4 is 44.9 Å². The van der Waals surface area contributed by atoms with E-state index >= 15 is 0 Å². The summed E-state index contributed by atoms with van der Waals surface area (Å²) in [5, 5.41) is 10.3. The van der Waals surface area contributed by atoms with Crippen molar-refractivity contribution in [1.29, 1.82) is 5.26 Å². The zero-order valence-corrected chi connectivity index (χ0v) is 15.6. The summed E-state index contributed by atoms with van der Waals surface area (Å²) in [6.07, 6.45) is 0. The van der Waals surface area contributed by atoms with E-state index in [4.69, 9.17) is 28.9 Å². The minimum Gasteiger partial charge on any atom is -0.383 e. The quantitative estimate of drug-likeness (QED) is 0.529. The second-order valence-electron chi connectivity index (χ2n) is 5.18. The van der Waals surface area contributed by atoms with E-state index in [0.717, 1.165) is 0 Å². The number of hydrogen-bond acceptors (Lipinski definition) is 3. The fourth-order valence-corrected chi connectivity index (χ4v) is 3.30. The number of benzene rings is 2. The molecule has 0 bridgehead atoms. The Morgan fingerprint density at radius 1 is 1.04 bits per heavy atom. The predicted octanol–water partition coefficient (Wildman–Crippen LogP) is 6.08. The van der Waals surface area contributed by atoms with E-state index in [9.17, 15) is 9.65 Å². The van der Waals surface area contributed by atoms with Gasteiger partial charge in [0.25, 0.3) is 0 Å². The lowest BCUT2D eigenvalue weighted by atomic mass is 9.98. The van der Waals surface area contributed by atoms with Crippen LogP contribution in [-0.2, 0) is 0 Å². The van der Waals surface area contributed by atoms with Crippen molar-refractivity contribution in [3.05, 3.63) is 68.4 Å². The lowest BCUT2D eigenvalue weighted by molar-refractivity contribution is 0.631. The molecular weight excluding hydrogens is 428 g/mol. The summed E-state index contributed by atoms with van der Waals surface area (Å²) in [5.41, 5.74) is 7.63. The fraction of sp³-hybridized carbons (Fsp3) is 0. The van der Waals surface area contributed by atoms with Crippen molar-refractivity contribution in [1.82, 2.24) is 4.98 Å². The Morgan fingerprint density at radius 2 is 1.80 bits per heavy atom. The van der Waals surface area contributed by atoms with E-state index < -0.39 is 5.82 Å². The van der Waals surface area contributed by atoms with Crippen LogP contribution in [0.25, 0.3) is 22.4 Å². The smallest absolute Gasteiger partial charge is 0.142 e. The summed E-state index contributed by atoms with van der Waals surface area (Å²) >= 11 is 15.5. The van der Waals surface area contributed by atoms with Gasteiger partial charge in [-0.05, 0) is 42.5 Å². The van der Waals surface area contributed by atoms with Gasteiger partial charge in [-0.1, -0.05) is 39.1 Å². The molecule has 0 unspecified atom stereocenters. The number of nitrogens with zero attached hydrogens (tertiary/aromatic N) is 2. The maximum atomic E-state index is 14.3. The van der Waals surface area contributed by atoms with Gasteiger partial charge in [0, 0.05) is 26.2 Å². The lowest BCUT2D eigenvalue weighted by Crippen LogP contribution is -2.01. The highest BCUT2D eigenvalue weighted by atomic mass is 79.9. The first-order valence-electron chi connectivity index (χ1n) is 7.02. The molecule has 0 saturated heterocycles. The largest absolute Gasteiger partial charge is 0.383 e. The van der Waals surface area contributed by atoms with Crippen LogP contribution in [0.15, 0.2) is 46.9 Å². The van der Waals surface area contributed by atoms with E-state index in [2.05, 4.69) is 20.9 Å². The molecule has 1 aromatic heterocycles. The molecule has 0 radical (unpaired) electrons. The number of pyridine rings is 1. The van der Waals surface area contributed by atoms with Crippen LogP contribution in [0.2, 0.25) is 10.0 Å². The molecule has 0 aliphatic carbocycles. The molecule has 0 spiro atoms. The molecule has 2 N–H and O–H groups in total. The molecular formula is C18H9BrCl2FN3. The number of nitrogens with two attached hydrogens (primary N) is 1. The Kier molecular flexibility index (Phi) is 4.96. The Bertz CT molecular complexity index is 1030. The third kappa shape index (κ3) is 3.47. The van der Waals surface area contributed by atoms with Gasteiger partial charge in [0.15, 0.2) is 0 Å². The second-order valence-corrected chi connectivity index (χ2v) is 6.93. The zero-order chi connectivity index (χ0) is 18.1. The molecule has 3 rings (SSSR count). The van der Waals surface area contributed by atoms with E-state index in [1.807, 2.05) is 6.07 Å². The molecule has 0 atom stereocenters. The number of aromatic nitrogens is 1. The highest BCUT2D eigenvalue weighted by Gasteiger charge is 2.17. The first-order valence-corrected chi connectivity index (χ1v) is 8.57. The van der Waals surface area contributed by atoms with Crippen LogP contribution in [0.1, 0.15) is 5.56 Å². The fourth-order valence-electron chi connectivity index (χ4n) is 2.43. The van der Waals surface area contributed by atoms with E-state index in [0.29, 0.717) is 31.3 Å². The van der Waals surface area contributed by atoms with E-state index in [-0.39, 0.29) is 16.9 Å². The van der Waals surface area contributed by atoms with Crippen LogP contribution in [0.3, 0.4) is 0 Å². The van der Waals surface area contributed by atoms with Gasteiger partial charge < -0.3 is 5.73 Å². The number of nitrogen functional groups attached to an aromatic ring is 1. The van der Waals surface area contributed by atoms with Gasteiger partial charge >= 0.3 is 0 Å². The minimum atomic E-state index is -0.474. The molecule has 124 valence electrons. The Hall–Kier alpha value is -2.13. The second kappa shape index (κ2) is 7.01. The molecule has 0 fully saturated rings. The average Bonchev–Trinajstić information content (AvgIpc) is 2.56. The molecule has 2 aromatic carbocycles. The number of rotatable bonds is 2. The maximum Gasteiger partial charge on any atom is 0.142 e. The predicted molar refractivity (Wildman–Crippen MR) is 102 cm³/mol. The third-order valence-corrected chi connectivity index (χ3v) is 4.63. The Labute approximate surface area is 162 Å². The molecule has 0 aliphatic rings. The monoisotopic (exact) mass is 435 g/mol. The van der Waals surface area contributed by atoms with E-state index in [1.165, 1.54) is 6.07 Å². The number of anilines is 1. The highest BCUT2D eigenvalue weighted by molar-refractivity contribution is 9.10. The maximum absolute atomic E-state index is 14.3. The van der Waals surface area contributed by atoms with Crippen molar-refractivity contribution in [2.24, 2.45) is 0 Å². The molecule has 3 nitrogen and oxygen atoms in total. The summed E-state index contributed by atoms with van der Waals surface area (Å²) in [5.74, 6) is -0.473. The minimum absolute atomic E-state index is 0.000363. The molecule has 1 heterocycles. The first kappa shape index (κ1) is 17.7. The third-order valence-electron chi connectivity index (χ3n) is 3.58. The van der Waals surface area contributed by atoms with Gasteiger partial charge in [-0.2, -0.15) is 5.26 Å². The lowest BCUT2D eigenvalue weighted by Gasteiger charge is -2.12. The van der Waals surface area contributed by atoms with Gasteiger partial charge in [0.1, 0.15) is 23.3 Å². The summed E-state index contributed by atoms with van der Waals surface area (Å²) in [6.45, 7) is 0. The van der Waals surface area contributed by atoms with Crippen molar-refractivity contribution in [3.63, 3.8) is 0 Å². The molecule has 0 amide bonds. The summed E-state index contributed by atoms with van der Waals surface area (Å²) in [7, 11) is 0. The number of hydrogen-bond donors (Lipinski definition) is 1. The van der Waals surface area contributed by atoms with Crippen LogP contribution in [0.4, 0.5) is 10.2 Å². The van der Waals surface area contributed by atoms with Crippen LogP contribution >= 0.6 is 39.1 Å². The summed E-state index contributed by atoms with van der Waals surface area (Å²) < 4.78 is 15.0. The van der Waals surface area contributed by atoms with Crippen molar-refractivity contribution in [2.45, 2.75) is 0 Å². The molecule has 0 aliphatic heterocycles. The number of nitriles is 1. The van der Waals surface area contributed by atoms with Gasteiger partial charge in [-0.3, -0.25) is 0 Å². The van der Waals surface area contributed by atoms with Gasteiger partial charge in [-0.25, -0.2) is 9.37 Å². The van der Waals surface area contributed by atoms with Crippen LogP contribution in [0.5, 0.6) is 0 Å². The van der Waals surface area contributed by atoms with Crippen molar-refractivity contribution in [2.75, 3.05) is 5.73 Å². The van der Waals surface area contributed by atoms with Crippen LogP contribution in [-0.4, -0.2) is 4.98 Å². The molecule has 3 aromatic rings. The SMILES string of the molecule is N#Cc1c(-c2cc(Br)ccc2F)cc(-c2ccc(Cl)cc2Cl)nc1N. The molecule has 0 saturated carbocycles. The Balaban J connectivity index is 2.30. The van der Waals surface area contributed by atoms with Crippen LogP contribution < -0.4 is 5.73 Å². The first-order chi connectivity index (χ1) is 11.9. The normalized spacial score (nSPS) is 10.5. The Morgan fingerprint density at radius 3 is 2.48 bits per heavy atom. The average molecular weight is 437 g/mol. The standard InChI is InChI=1S/C18H9BrCl2FN3/c19-9-1-4-16(22)13(5-9)12-7-17(25-18(24)14(12)8-23)11-3-2-10(20)6-15(11)21/h1-7H,(H2,24,25). The van der Waals surface area contributed by atoms with Crippen LogP contribution in [0, 0.1) is 17.1 Å². The van der Waals surface area contributed by atoms with Gasteiger partial charge in [0.05, 0.1) is 10.7 Å². The summed E-state index contributed by atoms with van der Waals surface area (Å²) in [6, 6.07) is 13.0. The van der Waals surface area contributed by atoms with Crippen molar-refractivity contribution < 1.29 is 4.39 Å². The van der Waals surface area contributed by atoms with Crippen molar-refractivity contribution in [3.8, 4) is 28.5 Å². The molecule has 25 heavy (non-hydrogen) atoms. The van der Waals surface area contributed by atoms with Gasteiger partial charge in [0.2, 0.25) is 0 Å². The number of halogens is 4.